The lowest BCUT2D eigenvalue weighted by molar-refractivity contribution is -0.137. The zero-order valence-electron chi connectivity index (χ0n) is 16.3. The minimum absolute atomic E-state index is 0.135. The normalized spacial score (nSPS) is 11.3. The van der Waals surface area contributed by atoms with Crippen LogP contribution < -0.4 is 10.1 Å². The number of nitrogens with zero attached hydrogens (tertiary/aromatic N) is 2. The van der Waals surface area contributed by atoms with E-state index in [1.54, 1.807) is 35.7 Å². The largest absolute Gasteiger partial charge is 0.488 e. The molecule has 5 nitrogen and oxygen atoms in total. The predicted molar refractivity (Wildman–Crippen MR) is 113 cm³/mol. The molecule has 0 unspecified atom stereocenters. The van der Waals surface area contributed by atoms with Crippen molar-refractivity contribution < 1.29 is 22.7 Å². The van der Waals surface area contributed by atoms with E-state index in [1.165, 1.54) is 18.2 Å². The number of alkyl halides is 3. The van der Waals surface area contributed by atoms with Gasteiger partial charge in [-0.25, -0.2) is 0 Å². The molecule has 9 heteroatoms. The van der Waals surface area contributed by atoms with Gasteiger partial charge in [0.25, 0.3) is 5.91 Å². The quantitative estimate of drug-likeness (QED) is 0.380. The second-order valence-corrected chi connectivity index (χ2v) is 7.34. The summed E-state index contributed by atoms with van der Waals surface area (Å²) >= 11 is 1.15. The highest BCUT2D eigenvalue weighted by molar-refractivity contribution is 7.14. The maximum Gasteiger partial charge on any atom is 0.416 e. The number of ether oxygens (including phenoxy) is 1. The molecule has 0 aliphatic rings. The van der Waals surface area contributed by atoms with Crippen molar-refractivity contribution in [1.82, 2.24) is 0 Å². The van der Waals surface area contributed by atoms with E-state index in [9.17, 15) is 23.2 Å². The molecule has 3 aromatic rings. The number of nitriles is 2. The minimum Gasteiger partial charge on any atom is -0.488 e. The van der Waals surface area contributed by atoms with Crippen LogP contribution in [0.4, 0.5) is 18.2 Å². The predicted octanol–water partition coefficient (Wildman–Crippen LogP) is 5.76. The molecular weight excluding hydrogens is 439 g/mol. The van der Waals surface area contributed by atoms with Crippen molar-refractivity contribution in [3.8, 4) is 17.9 Å². The molecule has 3 rings (SSSR count). The molecule has 0 aliphatic carbocycles. The van der Waals surface area contributed by atoms with Gasteiger partial charge in [0.05, 0.1) is 11.1 Å². The van der Waals surface area contributed by atoms with Crippen molar-refractivity contribution in [3.63, 3.8) is 0 Å². The van der Waals surface area contributed by atoms with Gasteiger partial charge in [0.15, 0.2) is 0 Å². The van der Waals surface area contributed by atoms with E-state index < -0.39 is 17.6 Å². The molecule has 0 radical (unpaired) electrons. The molecular formula is C23H14F3N3O2S. The lowest BCUT2D eigenvalue weighted by atomic mass is 10.1. The number of hydrogen-bond acceptors (Lipinski definition) is 5. The van der Waals surface area contributed by atoms with E-state index in [1.807, 2.05) is 12.1 Å². The van der Waals surface area contributed by atoms with E-state index in [2.05, 4.69) is 5.32 Å². The van der Waals surface area contributed by atoms with Gasteiger partial charge in [0.2, 0.25) is 0 Å². The zero-order valence-corrected chi connectivity index (χ0v) is 17.1. The number of anilines is 1. The highest BCUT2D eigenvalue weighted by Crippen LogP contribution is 2.30. The highest BCUT2D eigenvalue weighted by atomic mass is 32.1. The summed E-state index contributed by atoms with van der Waals surface area (Å²) < 4.78 is 44.4. The second kappa shape index (κ2) is 9.82. The minimum atomic E-state index is -4.46. The fourth-order valence-corrected chi connectivity index (χ4v) is 3.43. The average molecular weight is 453 g/mol. The van der Waals surface area contributed by atoms with E-state index in [0.29, 0.717) is 21.9 Å². The van der Waals surface area contributed by atoms with Crippen LogP contribution in [0, 0.1) is 22.7 Å². The average Bonchev–Trinajstić information content (AvgIpc) is 3.23. The number of rotatable bonds is 6. The molecule has 0 spiro atoms. The van der Waals surface area contributed by atoms with Gasteiger partial charge in [-0.3, -0.25) is 4.79 Å². The van der Waals surface area contributed by atoms with E-state index in [4.69, 9.17) is 10.00 Å². The summed E-state index contributed by atoms with van der Waals surface area (Å²) in [6.45, 7) is -0.135. The van der Waals surface area contributed by atoms with Crippen LogP contribution in [0.15, 0.2) is 65.6 Å². The Bertz CT molecular complexity index is 1250. The van der Waals surface area contributed by atoms with E-state index in [-0.39, 0.29) is 17.7 Å². The third kappa shape index (κ3) is 5.54. The molecule has 2 aromatic carbocycles. The maximum absolute atomic E-state index is 12.9. The van der Waals surface area contributed by atoms with Crippen LogP contribution in [0.2, 0.25) is 0 Å². The second-order valence-electron chi connectivity index (χ2n) is 6.42. The van der Waals surface area contributed by atoms with Crippen LogP contribution in [0.1, 0.15) is 22.3 Å². The fraction of sp³-hybridized carbons (Fsp3) is 0.0870. The lowest BCUT2D eigenvalue weighted by Crippen LogP contribution is -2.13. The first-order chi connectivity index (χ1) is 15.3. The van der Waals surface area contributed by atoms with Gasteiger partial charge in [0.1, 0.15) is 35.1 Å². The third-order valence-electron chi connectivity index (χ3n) is 4.25. The van der Waals surface area contributed by atoms with Crippen molar-refractivity contribution in [2.24, 2.45) is 0 Å². The summed E-state index contributed by atoms with van der Waals surface area (Å²) in [6, 6.07) is 16.6. The number of carbonyl (C=O) groups excluding carboxylic acids is 1. The number of para-hydroxylation sites is 1. The van der Waals surface area contributed by atoms with Gasteiger partial charge in [0, 0.05) is 5.56 Å². The molecule has 0 saturated heterocycles. The van der Waals surface area contributed by atoms with Gasteiger partial charge in [-0.1, -0.05) is 30.3 Å². The van der Waals surface area contributed by atoms with Crippen LogP contribution in [-0.2, 0) is 17.6 Å². The molecule has 1 heterocycles. The third-order valence-corrected chi connectivity index (χ3v) is 5.08. The van der Waals surface area contributed by atoms with E-state index in [0.717, 1.165) is 23.5 Å². The van der Waals surface area contributed by atoms with Gasteiger partial charge >= 0.3 is 6.18 Å². The number of carbonyl (C=O) groups is 1. The topological polar surface area (TPSA) is 85.9 Å². The first-order valence-electron chi connectivity index (χ1n) is 9.10. The Morgan fingerprint density at radius 1 is 1.12 bits per heavy atom. The summed E-state index contributed by atoms with van der Waals surface area (Å²) in [5.74, 6) is -0.404. The summed E-state index contributed by atoms with van der Waals surface area (Å²) in [5, 5.41) is 23.0. The number of amides is 1. The summed E-state index contributed by atoms with van der Waals surface area (Å²) in [4.78, 5) is 12.5. The van der Waals surface area contributed by atoms with E-state index >= 15 is 0 Å². The van der Waals surface area contributed by atoms with Crippen molar-refractivity contribution in [3.05, 3.63) is 87.8 Å². The van der Waals surface area contributed by atoms with Crippen molar-refractivity contribution in [1.29, 1.82) is 10.5 Å². The lowest BCUT2D eigenvalue weighted by Gasteiger charge is -2.12. The number of hydrogen-bond donors (Lipinski definition) is 1. The summed E-state index contributed by atoms with van der Waals surface area (Å²) in [5.41, 5.74) is -0.000138. The SMILES string of the molecule is N#C/C(=C\c1ccccc1OCc1cccc(C(F)(F)F)c1)C(=O)Nc1sccc1C#N. The Kier molecular flexibility index (Phi) is 6.93. The Hall–Kier alpha value is -4.08. The first kappa shape index (κ1) is 22.6. The van der Waals surface area contributed by atoms with Crippen LogP contribution in [-0.4, -0.2) is 5.91 Å². The summed E-state index contributed by atoms with van der Waals surface area (Å²) in [7, 11) is 0. The Balaban J connectivity index is 1.79. The Labute approximate surface area is 185 Å². The van der Waals surface area contributed by atoms with Crippen molar-refractivity contribution in [2.45, 2.75) is 12.8 Å². The molecule has 1 aromatic heterocycles. The highest BCUT2D eigenvalue weighted by Gasteiger charge is 2.30. The Morgan fingerprint density at radius 2 is 1.91 bits per heavy atom. The molecule has 0 bridgehead atoms. The molecule has 160 valence electrons. The van der Waals surface area contributed by atoms with Gasteiger partial charge < -0.3 is 10.1 Å². The van der Waals surface area contributed by atoms with Crippen LogP contribution in [0.3, 0.4) is 0 Å². The smallest absolute Gasteiger partial charge is 0.416 e. The monoisotopic (exact) mass is 453 g/mol. The first-order valence-corrected chi connectivity index (χ1v) is 9.98. The van der Waals surface area contributed by atoms with Crippen LogP contribution in [0.25, 0.3) is 6.08 Å². The van der Waals surface area contributed by atoms with Gasteiger partial charge in [-0.15, -0.1) is 11.3 Å². The van der Waals surface area contributed by atoms with Crippen molar-refractivity contribution in [2.75, 3.05) is 5.32 Å². The standard InChI is InChI=1S/C23H14F3N3O2S/c24-23(25,26)19-6-3-4-15(10-19)14-31-20-7-2-1-5-16(20)11-18(13-28)21(30)29-22-17(12-27)8-9-32-22/h1-11H,14H2,(H,29,30)/b18-11+. The molecule has 0 saturated carbocycles. The zero-order chi connectivity index (χ0) is 23.1. The number of halogens is 3. The molecule has 32 heavy (non-hydrogen) atoms. The number of nitrogens with one attached hydrogen (secondary N) is 1. The van der Waals surface area contributed by atoms with Crippen molar-refractivity contribution >= 4 is 28.3 Å². The summed E-state index contributed by atoms with van der Waals surface area (Å²) in [6.07, 6.45) is -3.14. The molecule has 1 amide bonds. The van der Waals surface area contributed by atoms with Crippen LogP contribution in [0.5, 0.6) is 5.75 Å². The fourth-order valence-electron chi connectivity index (χ4n) is 2.70. The maximum atomic E-state index is 12.9. The molecule has 0 atom stereocenters. The Morgan fingerprint density at radius 3 is 2.62 bits per heavy atom. The number of benzene rings is 2. The van der Waals surface area contributed by atoms with Gasteiger partial charge in [-0.2, -0.15) is 23.7 Å². The molecule has 1 N–H and O–H groups in total. The van der Waals surface area contributed by atoms with Crippen LogP contribution >= 0.6 is 11.3 Å². The number of thiophene rings is 1. The molecule has 0 aliphatic heterocycles. The van der Waals surface area contributed by atoms with Gasteiger partial charge in [-0.05, 0) is 41.3 Å². The molecule has 0 fully saturated rings.